The van der Waals surface area contributed by atoms with Crippen molar-refractivity contribution in [2.45, 2.75) is 31.1 Å². The van der Waals surface area contributed by atoms with Crippen molar-refractivity contribution in [3.8, 4) is 6.07 Å². The summed E-state index contributed by atoms with van der Waals surface area (Å²) < 4.78 is 0. The van der Waals surface area contributed by atoms with Crippen molar-refractivity contribution < 1.29 is 15.0 Å². The van der Waals surface area contributed by atoms with E-state index >= 15 is 0 Å². The van der Waals surface area contributed by atoms with E-state index in [9.17, 15) is 20.3 Å². The number of amides is 1. The predicted molar refractivity (Wildman–Crippen MR) is 78.2 cm³/mol. The van der Waals surface area contributed by atoms with Crippen molar-refractivity contribution in [3.63, 3.8) is 0 Å². The summed E-state index contributed by atoms with van der Waals surface area (Å²) in [4.78, 5) is 14.2. The Balaban J connectivity index is 1.90. The van der Waals surface area contributed by atoms with Gasteiger partial charge in [0.25, 0.3) is 5.91 Å². The van der Waals surface area contributed by atoms with Crippen molar-refractivity contribution in [2.75, 3.05) is 23.7 Å². The second-order valence-corrected chi connectivity index (χ2v) is 6.42. The van der Waals surface area contributed by atoms with Gasteiger partial charge in [0.05, 0.1) is 17.9 Å². The molecule has 5 N–H and O–H groups in total. The van der Waals surface area contributed by atoms with Crippen molar-refractivity contribution in [3.05, 3.63) is 10.4 Å². The predicted octanol–water partition coefficient (Wildman–Crippen LogP) is -0.364. The average molecular weight is 308 g/mol. The van der Waals surface area contributed by atoms with Crippen molar-refractivity contribution in [2.24, 2.45) is 0 Å². The first kappa shape index (κ1) is 14.1. The summed E-state index contributed by atoms with van der Waals surface area (Å²) in [6.45, 7) is 0.443. The number of hydrogen-bond acceptors (Lipinski definition) is 7. The van der Waals surface area contributed by atoms with Gasteiger partial charge >= 0.3 is 0 Å². The molecule has 2 aliphatic rings. The molecule has 1 aliphatic carbocycles. The second-order valence-electron chi connectivity index (χ2n) is 5.42. The Labute approximate surface area is 125 Å². The fourth-order valence-electron chi connectivity index (χ4n) is 2.34. The van der Waals surface area contributed by atoms with E-state index in [1.54, 1.807) is 4.90 Å². The monoisotopic (exact) mass is 308 g/mol. The number of hydrogen-bond donors (Lipinski definition) is 4. The summed E-state index contributed by atoms with van der Waals surface area (Å²) in [7, 11) is 0. The van der Waals surface area contributed by atoms with Gasteiger partial charge < -0.3 is 26.2 Å². The molecule has 0 radical (unpaired) electrons. The van der Waals surface area contributed by atoms with Gasteiger partial charge in [-0.05, 0) is 12.8 Å². The highest BCUT2D eigenvalue weighted by molar-refractivity contribution is 7.19. The zero-order valence-corrected chi connectivity index (χ0v) is 12.1. The maximum absolute atomic E-state index is 12.1. The maximum Gasteiger partial charge on any atom is 0.263 e. The molecular weight excluding hydrogens is 292 g/mol. The van der Waals surface area contributed by atoms with Crippen LogP contribution in [0.15, 0.2) is 0 Å². The highest BCUT2D eigenvalue weighted by Crippen LogP contribution is 2.39. The third-order valence-electron chi connectivity index (χ3n) is 3.70. The molecule has 112 valence electrons. The number of aliphatic hydroxyl groups is 2. The largest absolute Gasteiger partial charge is 0.396 e. The lowest BCUT2D eigenvalue weighted by Crippen LogP contribution is -2.25. The zero-order chi connectivity index (χ0) is 15.1. The molecular formula is C13H16N4O3S. The van der Waals surface area contributed by atoms with Crippen LogP contribution in [0, 0.1) is 11.3 Å². The first-order valence-electron chi connectivity index (χ1n) is 6.75. The van der Waals surface area contributed by atoms with Crippen LogP contribution in [0.3, 0.4) is 0 Å². The molecule has 0 bridgehead atoms. The quantitative estimate of drug-likeness (QED) is 0.604. The molecule has 1 amide bonds. The van der Waals surface area contributed by atoms with Crippen LogP contribution in [-0.4, -0.2) is 47.5 Å². The fourth-order valence-corrected chi connectivity index (χ4v) is 3.44. The molecule has 2 heterocycles. The molecule has 1 aromatic rings. The summed E-state index contributed by atoms with van der Waals surface area (Å²) >= 11 is 1.13. The average Bonchev–Trinajstić information content (AvgIpc) is 3.10. The minimum atomic E-state index is -0.858. The van der Waals surface area contributed by atoms with Gasteiger partial charge in [-0.15, -0.1) is 11.3 Å². The summed E-state index contributed by atoms with van der Waals surface area (Å²) in [5, 5.41) is 31.9. The van der Waals surface area contributed by atoms with E-state index in [1.807, 2.05) is 6.07 Å². The second kappa shape index (κ2) is 5.18. The Morgan fingerprint density at radius 2 is 2.00 bits per heavy atom. The number of anilines is 2. The molecule has 0 aromatic carbocycles. The Morgan fingerprint density at radius 3 is 2.52 bits per heavy atom. The molecule has 2 fully saturated rings. The van der Waals surface area contributed by atoms with Gasteiger partial charge in [0.15, 0.2) is 0 Å². The van der Waals surface area contributed by atoms with Gasteiger partial charge in [-0.2, -0.15) is 5.26 Å². The van der Waals surface area contributed by atoms with Crippen molar-refractivity contribution in [1.82, 2.24) is 5.32 Å². The van der Waals surface area contributed by atoms with Crippen LogP contribution in [0.2, 0.25) is 0 Å². The number of rotatable bonds is 3. The first-order valence-corrected chi connectivity index (χ1v) is 7.57. The summed E-state index contributed by atoms with van der Waals surface area (Å²) in [6, 6.07) is 2.23. The van der Waals surface area contributed by atoms with Crippen LogP contribution in [0.5, 0.6) is 0 Å². The third kappa shape index (κ3) is 2.55. The summed E-state index contributed by atoms with van der Waals surface area (Å²) in [6.07, 6.45) is 0.228. The van der Waals surface area contributed by atoms with E-state index in [0.29, 0.717) is 9.88 Å². The number of nitrogens with two attached hydrogens (primary N) is 1. The Morgan fingerprint density at radius 1 is 1.38 bits per heavy atom. The van der Waals surface area contributed by atoms with Crippen molar-refractivity contribution >= 4 is 27.9 Å². The molecule has 7 nitrogen and oxygen atoms in total. The molecule has 8 heteroatoms. The minimum Gasteiger partial charge on any atom is -0.396 e. The van der Waals surface area contributed by atoms with E-state index in [2.05, 4.69) is 5.32 Å². The van der Waals surface area contributed by atoms with Crippen LogP contribution in [-0.2, 0) is 0 Å². The van der Waals surface area contributed by atoms with Gasteiger partial charge in [-0.1, -0.05) is 0 Å². The molecule has 1 aliphatic heterocycles. The molecule has 1 aromatic heterocycles. The Hall–Kier alpha value is -1.82. The fraction of sp³-hybridized carbons (Fsp3) is 0.538. The number of carbonyl (C=O) groups excluding carboxylic acids is 1. The standard InChI is InChI=1S/C13H16N4O3S/c14-3-7-10(15)11(12(20)16-6-1-2-6)21-13(7)17-4-8(18)9(19)5-17/h6,8-9,18-19H,1-2,4-5,15H2,(H,16,20). The lowest BCUT2D eigenvalue weighted by Gasteiger charge is -2.15. The minimum absolute atomic E-state index is 0.173. The summed E-state index contributed by atoms with van der Waals surface area (Å²) in [5.74, 6) is -0.261. The van der Waals surface area contributed by atoms with E-state index in [4.69, 9.17) is 5.73 Å². The van der Waals surface area contributed by atoms with Crippen LogP contribution < -0.4 is 16.0 Å². The van der Waals surface area contributed by atoms with Gasteiger partial charge in [-0.25, -0.2) is 0 Å². The molecule has 0 spiro atoms. The van der Waals surface area contributed by atoms with Crippen LogP contribution in [0.4, 0.5) is 10.7 Å². The van der Waals surface area contributed by atoms with Gasteiger partial charge in [0, 0.05) is 19.1 Å². The SMILES string of the molecule is N#Cc1c(N2CC(O)C(O)C2)sc(C(=O)NC2CC2)c1N. The number of thiophene rings is 1. The summed E-state index contributed by atoms with van der Waals surface area (Å²) in [5.41, 5.74) is 6.33. The normalized spacial score (nSPS) is 24.9. The first-order chi connectivity index (χ1) is 10.0. The molecule has 1 saturated heterocycles. The van der Waals surface area contributed by atoms with Crippen LogP contribution in [0.1, 0.15) is 28.1 Å². The molecule has 2 atom stereocenters. The molecule has 2 unspecified atom stereocenters. The Bertz CT molecular complexity index is 610. The van der Waals surface area contributed by atoms with E-state index < -0.39 is 12.2 Å². The highest BCUT2D eigenvalue weighted by Gasteiger charge is 2.34. The lowest BCUT2D eigenvalue weighted by atomic mass is 10.2. The molecule has 3 rings (SSSR count). The number of β-amino-alcohol motifs (C(OH)–C–C–N with tert-alkyl or cyclic N) is 2. The number of carbonyl (C=O) groups is 1. The van der Waals surface area contributed by atoms with E-state index in [0.717, 1.165) is 24.2 Å². The third-order valence-corrected chi connectivity index (χ3v) is 4.97. The van der Waals surface area contributed by atoms with Crippen LogP contribution >= 0.6 is 11.3 Å². The van der Waals surface area contributed by atoms with Crippen LogP contribution in [0.25, 0.3) is 0 Å². The number of nitrogen functional groups attached to an aromatic ring is 1. The number of aliphatic hydroxyl groups excluding tert-OH is 2. The van der Waals surface area contributed by atoms with Gasteiger partial charge in [-0.3, -0.25) is 4.79 Å². The van der Waals surface area contributed by atoms with E-state index in [1.165, 1.54) is 0 Å². The number of nitrogens with zero attached hydrogens (tertiary/aromatic N) is 2. The number of nitriles is 1. The van der Waals surface area contributed by atoms with Gasteiger partial charge in [0.2, 0.25) is 0 Å². The smallest absolute Gasteiger partial charge is 0.263 e. The lowest BCUT2D eigenvalue weighted by molar-refractivity contribution is 0.0572. The van der Waals surface area contributed by atoms with Crippen molar-refractivity contribution in [1.29, 1.82) is 5.26 Å². The van der Waals surface area contributed by atoms with Gasteiger partial charge in [0.1, 0.15) is 21.5 Å². The molecule has 1 saturated carbocycles. The zero-order valence-electron chi connectivity index (χ0n) is 11.2. The molecule has 21 heavy (non-hydrogen) atoms. The highest BCUT2D eigenvalue weighted by atomic mass is 32.1. The Kier molecular flexibility index (Phi) is 3.49. The number of nitrogens with one attached hydrogen (secondary N) is 1. The van der Waals surface area contributed by atoms with E-state index in [-0.39, 0.29) is 36.3 Å². The maximum atomic E-state index is 12.1. The topological polar surface area (TPSA) is 123 Å².